The van der Waals surface area contributed by atoms with E-state index in [0.29, 0.717) is 30.9 Å². The average Bonchev–Trinajstić information content (AvgIpc) is 2.96. The van der Waals surface area contributed by atoms with Crippen LogP contribution in [0.25, 0.3) is 6.08 Å². The first kappa shape index (κ1) is 18.5. The van der Waals surface area contributed by atoms with Gasteiger partial charge in [0.2, 0.25) is 5.78 Å². The van der Waals surface area contributed by atoms with Crippen molar-refractivity contribution in [1.82, 2.24) is 9.13 Å². The van der Waals surface area contributed by atoms with E-state index in [9.17, 15) is 19.5 Å². The predicted molar refractivity (Wildman–Crippen MR) is 101 cm³/mol. The van der Waals surface area contributed by atoms with Crippen LogP contribution in [0.3, 0.4) is 0 Å². The van der Waals surface area contributed by atoms with Crippen molar-refractivity contribution in [3.8, 4) is 11.5 Å². The summed E-state index contributed by atoms with van der Waals surface area (Å²) in [6, 6.07) is 4.69. The van der Waals surface area contributed by atoms with Crippen molar-refractivity contribution in [1.29, 1.82) is 0 Å². The topological polar surface area (TPSA) is 103 Å². The fourth-order valence-corrected chi connectivity index (χ4v) is 3.01. The molecule has 2 heterocycles. The summed E-state index contributed by atoms with van der Waals surface area (Å²) in [4.78, 5) is 37.6. The number of anilines is 1. The lowest BCUT2D eigenvalue weighted by atomic mass is 10.1. The fourth-order valence-electron chi connectivity index (χ4n) is 3.01. The molecule has 2 N–H and O–H groups in total. The van der Waals surface area contributed by atoms with Crippen LogP contribution >= 0.6 is 0 Å². The van der Waals surface area contributed by atoms with Crippen LogP contribution in [0.15, 0.2) is 33.5 Å². The maximum Gasteiger partial charge on any atom is 0.332 e. The van der Waals surface area contributed by atoms with Crippen LogP contribution in [0.2, 0.25) is 0 Å². The summed E-state index contributed by atoms with van der Waals surface area (Å²) in [7, 11) is 1.36. The number of Topliss-reactive ketones (excluding diaryl/α,β-unsaturated/α-hetero) is 1. The third kappa shape index (κ3) is 3.14. The summed E-state index contributed by atoms with van der Waals surface area (Å²) < 4.78 is 7.70. The van der Waals surface area contributed by atoms with Crippen molar-refractivity contribution in [2.24, 2.45) is 7.05 Å². The molecular formula is C19H21N3O5. The second-order valence-electron chi connectivity index (χ2n) is 6.19. The molecule has 8 heteroatoms. The zero-order valence-electron chi connectivity index (χ0n) is 15.4. The minimum atomic E-state index is -0.621. The molecule has 142 valence electrons. The molecule has 3 rings (SSSR count). The molecule has 27 heavy (non-hydrogen) atoms. The summed E-state index contributed by atoms with van der Waals surface area (Å²) in [6.45, 7) is 4.47. The number of phenolic OH excluding ortho intramolecular Hbond substituents is 1. The first-order valence-electron chi connectivity index (χ1n) is 8.72. The van der Waals surface area contributed by atoms with Crippen molar-refractivity contribution in [3.05, 3.63) is 55.9 Å². The molecule has 1 aromatic carbocycles. The number of phenols is 1. The predicted octanol–water partition coefficient (Wildman–Crippen LogP) is 1.71. The number of allylic oxidation sites excluding steroid dienone is 1. The number of aromatic hydroxyl groups is 1. The second kappa shape index (κ2) is 7.14. The van der Waals surface area contributed by atoms with Crippen LogP contribution in [0.4, 0.5) is 5.82 Å². The number of hydrogen-bond acceptors (Lipinski definition) is 6. The Labute approximate surface area is 155 Å². The second-order valence-corrected chi connectivity index (χ2v) is 6.19. The van der Waals surface area contributed by atoms with Gasteiger partial charge in [0.25, 0.3) is 5.56 Å². The summed E-state index contributed by atoms with van der Waals surface area (Å²) >= 11 is 0. The first-order valence-corrected chi connectivity index (χ1v) is 8.72. The normalized spacial score (nSPS) is 14.3. The van der Waals surface area contributed by atoms with Crippen molar-refractivity contribution >= 4 is 17.7 Å². The van der Waals surface area contributed by atoms with Gasteiger partial charge in [-0.25, -0.2) is 4.79 Å². The van der Waals surface area contributed by atoms with Crippen LogP contribution in [-0.4, -0.2) is 26.6 Å². The maximum absolute atomic E-state index is 12.8. The quantitative estimate of drug-likeness (QED) is 0.776. The third-order valence-electron chi connectivity index (χ3n) is 4.31. The van der Waals surface area contributed by atoms with Gasteiger partial charge in [0.15, 0.2) is 11.5 Å². The highest BCUT2D eigenvalue weighted by atomic mass is 16.5. The molecule has 0 atom stereocenters. The molecule has 0 spiro atoms. The van der Waals surface area contributed by atoms with Crippen molar-refractivity contribution in [3.63, 3.8) is 0 Å². The van der Waals surface area contributed by atoms with E-state index in [-0.39, 0.29) is 22.8 Å². The highest BCUT2D eigenvalue weighted by Crippen LogP contribution is 2.30. The molecule has 0 amide bonds. The minimum Gasteiger partial charge on any atom is -0.504 e. The monoisotopic (exact) mass is 371 g/mol. The highest BCUT2D eigenvalue weighted by molar-refractivity contribution is 6.19. The van der Waals surface area contributed by atoms with E-state index < -0.39 is 17.0 Å². The molecule has 0 saturated heterocycles. The minimum absolute atomic E-state index is 0.00125. The van der Waals surface area contributed by atoms with Crippen LogP contribution in [0, 0.1) is 0 Å². The van der Waals surface area contributed by atoms with E-state index in [0.717, 1.165) is 4.57 Å². The van der Waals surface area contributed by atoms with Crippen molar-refractivity contribution in [2.75, 3.05) is 11.9 Å². The van der Waals surface area contributed by atoms with E-state index in [1.807, 2.05) is 6.92 Å². The summed E-state index contributed by atoms with van der Waals surface area (Å²) in [5.74, 6) is 0.0544. The van der Waals surface area contributed by atoms with Crippen LogP contribution in [0.1, 0.15) is 36.2 Å². The third-order valence-corrected chi connectivity index (χ3v) is 4.31. The van der Waals surface area contributed by atoms with Crippen molar-refractivity contribution < 1.29 is 14.6 Å². The molecule has 0 bridgehead atoms. The summed E-state index contributed by atoms with van der Waals surface area (Å²) in [6.07, 6.45) is 2.24. The van der Waals surface area contributed by atoms with Gasteiger partial charge in [0.05, 0.1) is 12.3 Å². The van der Waals surface area contributed by atoms with E-state index in [2.05, 4.69) is 5.32 Å². The number of hydrogen-bond donors (Lipinski definition) is 2. The van der Waals surface area contributed by atoms with Gasteiger partial charge in [-0.2, -0.15) is 0 Å². The van der Waals surface area contributed by atoms with E-state index in [1.165, 1.54) is 17.7 Å². The van der Waals surface area contributed by atoms with Crippen LogP contribution in [-0.2, 0) is 13.6 Å². The number of ketones is 1. The van der Waals surface area contributed by atoms with Crippen molar-refractivity contribution in [2.45, 2.75) is 26.8 Å². The van der Waals surface area contributed by atoms with Gasteiger partial charge in [0.1, 0.15) is 11.4 Å². The Kier molecular flexibility index (Phi) is 4.89. The lowest BCUT2D eigenvalue weighted by Crippen LogP contribution is -2.40. The highest BCUT2D eigenvalue weighted by Gasteiger charge is 2.32. The number of ether oxygens (including phenoxy) is 1. The van der Waals surface area contributed by atoms with Gasteiger partial charge in [-0.3, -0.25) is 18.7 Å². The zero-order valence-corrected chi connectivity index (χ0v) is 15.4. The molecule has 2 aromatic rings. The Balaban J connectivity index is 2.10. The number of nitrogens with one attached hydrogen (secondary N) is 1. The average molecular weight is 371 g/mol. The van der Waals surface area contributed by atoms with Gasteiger partial charge < -0.3 is 15.2 Å². The summed E-state index contributed by atoms with van der Waals surface area (Å²) in [5, 5.41) is 12.7. The molecule has 0 fully saturated rings. The number of benzene rings is 1. The molecule has 1 aromatic heterocycles. The number of carbonyl (C=O) groups is 1. The molecular weight excluding hydrogens is 350 g/mol. The fraction of sp³-hybridized carbons (Fsp3) is 0.316. The standard InChI is InChI=1S/C19H21N3O5/c1-4-8-22-17-15(18(25)21(3)19(22)26)16(24)12(20-17)9-11-6-7-13(23)14(10-11)27-5-2/h6-7,9-10,20,23H,4-5,8H2,1-3H3. The Morgan fingerprint density at radius 3 is 2.63 bits per heavy atom. The number of rotatable bonds is 5. The lowest BCUT2D eigenvalue weighted by Gasteiger charge is -2.11. The van der Waals surface area contributed by atoms with Crippen LogP contribution in [0.5, 0.6) is 11.5 Å². The largest absolute Gasteiger partial charge is 0.504 e. The van der Waals surface area contributed by atoms with Gasteiger partial charge in [-0.1, -0.05) is 13.0 Å². The number of nitrogens with zero attached hydrogens (tertiary/aromatic N) is 2. The molecule has 0 unspecified atom stereocenters. The Hall–Kier alpha value is -3.29. The summed E-state index contributed by atoms with van der Waals surface area (Å²) in [5.41, 5.74) is -0.332. The molecule has 0 saturated carbocycles. The van der Waals surface area contributed by atoms with Gasteiger partial charge >= 0.3 is 5.69 Å². The van der Waals surface area contributed by atoms with E-state index >= 15 is 0 Å². The number of fused-ring (bicyclic) bond motifs is 1. The van der Waals surface area contributed by atoms with Gasteiger partial charge in [0, 0.05) is 13.6 Å². The smallest absolute Gasteiger partial charge is 0.332 e. The molecule has 0 radical (unpaired) electrons. The number of aromatic nitrogens is 2. The maximum atomic E-state index is 12.8. The first-order chi connectivity index (χ1) is 12.9. The number of carbonyl (C=O) groups excluding carboxylic acids is 1. The van der Waals surface area contributed by atoms with E-state index in [1.54, 1.807) is 25.1 Å². The molecule has 1 aliphatic rings. The Bertz CT molecular complexity index is 1060. The SMILES string of the molecule is CCCn1c2c(c(=O)n(C)c1=O)C(=O)C(=Cc1ccc(O)c(OCC)c1)N2. The molecule has 0 aliphatic carbocycles. The Morgan fingerprint density at radius 1 is 1.22 bits per heavy atom. The Morgan fingerprint density at radius 2 is 1.96 bits per heavy atom. The van der Waals surface area contributed by atoms with Crippen LogP contribution < -0.4 is 21.3 Å². The lowest BCUT2D eigenvalue weighted by molar-refractivity contribution is 0.104. The molecule has 8 nitrogen and oxygen atoms in total. The van der Waals surface area contributed by atoms with Gasteiger partial charge in [-0.05, 0) is 37.1 Å². The zero-order chi connectivity index (χ0) is 19.7. The van der Waals surface area contributed by atoms with Gasteiger partial charge in [-0.15, -0.1) is 0 Å². The molecule has 1 aliphatic heterocycles. The van der Waals surface area contributed by atoms with E-state index in [4.69, 9.17) is 4.74 Å².